The molecule has 0 radical (unpaired) electrons. The van der Waals surface area contributed by atoms with Gasteiger partial charge in [-0.3, -0.25) is 9.35 Å². The Morgan fingerprint density at radius 2 is 1.89 bits per heavy atom. The van der Waals surface area contributed by atoms with Gasteiger partial charge in [-0.2, -0.15) is 0 Å². The number of aromatic nitrogens is 1. The third-order valence-electron chi connectivity index (χ3n) is 5.23. The van der Waals surface area contributed by atoms with Gasteiger partial charge in [0.15, 0.2) is 5.82 Å². The second-order valence-corrected chi connectivity index (χ2v) is 7.82. The van der Waals surface area contributed by atoms with Crippen molar-refractivity contribution >= 4 is 11.3 Å². The summed E-state index contributed by atoms with van der Waals surface area (Å²) in [5.41, 5.74) is 0.578. The maximum absolute atomic E-state index is 13.6. The van der Waals surface area contributed by atoms with Crippen LogP contribution >= 0.6 is 0 Å². The highest BCUT2D eigenvalue weighted by molar-refractivity contribution is 7.77. The number of hydrogen-bond donors (Lipinski definition) is 2. The van der Waals surface area contributed by atoms with Crippen LogP contribution in [0.15, 0.2) is 53.5 Å². The number of nitrogens with zero attached hydrogens (tertiary/aromatic N) is 1. The first kappa shape index (κ1) is 20.9. The third kappa shape index (κ3) is 5.57. The zero-order valence-electron chi connectivity index (χ0n) is 15.5. The smallest absolute Gasteiger partial charge is 0.286 e. The van der Waals surface area contributed by atoms with E-state index in [2.05, 4.69) is 29.0 Å². The zero-order chi connectivity index (χ0) is 19.9. The topological polar surface area (TPSA) is 80.6 Å². The van der Waals surface area contributed by atoms with Crippen molar-refractivity contribution in [2.24, 2.45) is 0 Å². The molecule has 0 aliphatic heterocycles. The van der Waals surface area contributed by atoms with E-state index in [9.17, 15) is 13.4 Å². The van der Waals surface area contributed by atoms with E-state index in [0.29, 0.717) is 5.92 Å². The molecule has 2 atom stereocenters. The molecule has 0 amide bonds. The van der Waals surface area contributed by atoms with Crippen molar-refractivity contribution in [3.8, 4) is 0 Å². The molecule has 0 saturated heterocycles. The van der Waals surface area contributed by atoms with E-state index < -0.39 is 28.7 Å². The zero-order valence-corrected chi connectivity index (χ0v) is 16.3. The lowest BCUT2D eigenvalue weighted by molar-refractivity contribution is 0.00720. The number of ether oxygens (including phenoxy) is 1. The summed E-state index contributed by atoms with van der Waals surface area (Å²) in [5, 5.41) is 0. The summed E-state index contributed by atoms with van der Waals surface area (Å²) < 4.78 is 43.2. The van der Waals surface area contributed by atoms with Crippen molar-refractivity contribution in [2.75, 3.05) is 13.2 Å². The van der Waals surface area contributed by atoms with Crippen molar-refractivity contribution in [3.63, 3.8) is 0 Å². The maximum Gasteiger partial charge on any atom is 0.286 e. The van der Waals surface area contributed by atoms with Crippen LogP contribution in [0.2, 0.25) is 0 Å². The molecule has 28 heavy (non-hydrogen) atoms. The molecule has 1 heterocycles. The van der Waals surface area contributed by atoms with E-state index >= 15 is 0 Å². The Kier molecular flexibility index (Phi) is 7.50. The molecule has 2 N–H and O–H groups in total. The standard InChI is InChI=1S/C20H25FN2O4S/c21-19-7-4-12-23(20(19)24)17(13-22-28(25)26)14-27-18-10-8-16(9-11-18)15-5-2-1-3-6-15/h1-7,12,16-18,22H,8-11,13-14H2,(H,25,26). The number of pyridine rings is 1. The largest absolute Gasteiger partial charge is 0.376 e. The molecule has 1 aliphatic carbocycles. The summed E-state index contributed by atoms with van der Waals surface area (Å²) in [6.45, 7) is 0.181. The Hall–Kier alpha value is -1.87. The van der Waals surface area contributed by atoms with Crippen LogP contribution in [0.1, 0.15) is 43.2 Å². The number of rotatable bonds is 8. The van der Waals surface area contributed by atoms with Gasteiger partial charge < -0.3 is 9.30 Å². The van der Waals surface area contributed by atoms with E-state index in [1.54, 1.807) is 0 Å². The number of hydrogen-bond acceptors (Lipinski definition) is 3. The van der Waals surface area contributed by atoms with Gasteiger partial charge in [-0.15, -0.1) is 0 Å². The molecule has 0 spiro atoms. The summed E-state index contributed by atoms with van der Waals surface area (Å²) >= 11 is -2.22. The van der Waals surface area contributed by atoms with Crippen molar-refractivity contribution in [1.82, 2.24) is 9.29 Å². The lowest BCUT2D eigenvalue weighted by Crippen LogP contribution is -2.37. The lowest BCUT2D eigenvalue weighted by atomic mass is 9.83. The number of benzene rings is 1. The van der Waals surface area contributed by atoms with Gasteiger partial charge in [0, 0.05) is 12.7 Å². The van der Waals surface area contributed by atoms with Gasteiger partial charge in [0.05, 0.1) is 18.8 Å². The average Bonchev–Trinajstić information content (AvgIpc) is 2.71. The second-order valence-electron chi connectivity index (χ2n) is 7.04. The average molecular weight is 408 g/mol. The van der Waals surface area contributed by atoms with Crippen molar-refractivity contribution in [1.29, 1.82) is 0 Å². The Bertz CT molecular complexity index is 838. The molecule has 8 heteroatoms. The van der Waals surface area contributed by atoms with Gasteiger partial charge in [0.1, 0.15) is 0 Å². The van der Waals surface area contributed by atoms with Gasteiger partial charge in [0.25, 0.3) is 5.56 Å². The van der Waals surface area contributed by atoms with Gasteiger partial charge in [-0.25, -0.2) is 13.3 Å². The minimum absolute atomic E-state index is 0.0197. The predicted molar refractivity (Wildman–Crippen MR) is 106 cm³/mol. The molecule has 0 bridgehead atoms. The highest BCUT2D eigenvalue weighted by atomic mass is 32.2. The summed E-state index contributed by atoms with van der Waals surface area (Å²) in [4.78, 5) is 12.1. The van der Waals surface area contributed by atoms with E-state index in [4.69, 9.17) is 9.29 Å². The fourth-order valence-electron chi connectivity index (χ4n) is 3.71. The Labute approximate surface area is 166 Å². The van der Waals surface area contributed by atoms with Crippen LogP contribution in [-0.4, -0.2) is 32.6 Å². The molecular weight excluding hydrogens is 383 g/mol. The van der Waals surface area contributed by atoms with Gasteiger partial charge in [-0.1, -0.05) is 30.3 Å². The van der Waals surface area contributed by atoms with Crippen LogP contribution in [0, 0.1) is 5.82 Å². The van der Waals surface area contributed by atoms with Crippen LogP contribution in [0.4, 0.5) is 4.39 Å². The normalized spacial score (nSPS) is 21.9. The van der Waals surface area contributed by atoms with Crippen LogP contribution in [-0.2, 0) is 16.0 Å². The maximum atomic E-state index is 13.6. The molecule has 1 aromatic carbocycles. The molecule has 152 valence electrons. The van der Waals surface area contributed by atoms with E-state index in [1.807, 2.05) is 6.07 Å². The molecule has 1 aromatic heterocycles. The van der Waals surface area contributed by atoms with E-state index in [0.717, 1.165) is 31.7 Å². The Balaban J connectivity index is 1.59. The first-order valence-corrected chi connectivity index (χ1v) is 10.5. The second kappa shape index (κ2) is 10.1. The number of halogens is 1. The third-order valence-corrected chi connectivity index (χ3v) is 5.65. The quantitative estimate of drug-likeness (QED) is 0.658. The fraction of sp³-hybridized carbons (Fsp3) is 0.450. The summed E-state index contributed by atoms with van der Waals surface area (Å²) in [7, 11) is 0. The number of nitrogens with one attached hydrogen (secondary N) is 1. The van der Waals surface area contributed by atoms with Crippen LogP contribution in [0.3, 0.4) is 0 Å². The summed E-state index contributed by atoms with van der Waals surface area (Å²) in [6.07, 6.45) is 5.39. The molecule has 1 fully saturated rings. The van der Waals surface area contributed by atoms with Gasteiger partial charge in [-0.05, 0) is 49.3 Å². The highest BCUT2D eigenvalue weighted by Gasteiger charge is 2.24. The first-order valence-electron chi connectivity index (χ1n) is 9.42. The molecule has 2 unspecified atom stereocenters. The van der Waals surface area contributed by atoms with E-state index in [-0.39, 0.29) is 19.3 Å². The van der Waals surface area contributed by atoms with Crippen LogP contribution < -0.4 is 10.3 Å². The van der Waals surface area contributed by atoms with Crippen LogP contribution in [0.25, 0.3) is 0 Å². The minimum atomic E-state index is -2.22. The molecule has 1 aliphatic rings. The lowest BCUT2D eigenvalue weighted by Gasteiger charge is -2.30. The Morgan fingerprint density at radius 3 is 2.57 bits per heavy atom. The van der Waals surface area contributed by atoms with Gasteiger partial charge >= 0.3 is 0 Å². The highest BCUT2D eigenvalue weighted by Crippen LogP contribution is 2.34. The molecule has 2 aromatic rings. The molecular formula is C20H25FN2O4S. The van der Waals surface area contributed by atoms with Crippen molar-refractivity contribution in [3.05, 3.63) is 70.4 Å². The Morgan fingerprint density at radius 1 is 1.18 bits per heavy atom. The molecule has 6 nitrogen and oxygen atoms in total. The monoisotopic (exact) mass is 408 g/mol. The molecule has 3 rings (SSSR count). The molecule has 1 saturated carbocycles. The fourth-order valence-corrected chi connectivity index (χ4v) is 4.05. The first-order chi connectivity index (χ1) is 13.5. The summed E-state index contributed by atoms with van der Waals surface area (Å²) in [6, 6.07) is 12.4. The van der Waals surface area contributed by atoms with E-state index in [1.165, 1.54) is 22.4 Å². The van der Waals surface area contributed by atoms with Crippen LogP contribution in [0.5, 0.6) is 0 Å². The predicted octanol–water partition coefficient (Wildman–Crippen LogP) is 3.00. The van der Waals surface area contributed by atoms with Crippen molar-refractivity contribution in [2.45, 2.75) is 43.7 Å². The van der Waals surface area contributed by atoms with Crippen molar-refractivity contribution < 1.29 is 17.9 Å². The minimum Gasteiger partial charge on any atom is -0.376 e. The SMILES string of the molecule is O=c1c(F)cccn1C(CNS(=O)O)COC1CCC(c2ccccc2)CC1. The van der Waals surface area contributed by atoms with Gasteiger partial charge in [0.2, 0.25) is 11.3 Å². The summed E-state index contributed by atoms with van der Waals surface area (Å²) in [5.74, 6) is -0.331.